The number of hydrogen-bond acceptors (Lipinski definition) is 0. The molecule has 0 aliphatic heterocycles. The molecule has 0 rings (SSSR count). The molecule has 0 amide bonds. The zero-order valence-electron chi connectivity index (χ0n) is 15.1. The second-order valence-corrected chi connectivity index (χ2v) is 6.99. The number of halogens is 2. The van der Waals surface area contributed by atoms with E-state index in [4.69, 9.17) is 0 Å². The first kappa shape index (κ1) is 29.0. The van der Waals surface area contributed by atoms with Crippen LogP contribution in [0, 0.1) is 0 Å². The summed E-state index contributed by atoms with van der Waals surface area (Å²) in [6.07, 6.45) is 11.4. The Hall–Kier alpha value is 0.880. The van der Waals surface area contributed by atoms with Crippen LogP contribution in [0.1, 0.15) is 58.3 Å². The van der Waals surface area contributed by atoms with Gasteiger partial charge in [0, 0.05) is 0 Å². The van der Waals surface area contributed by atoms with Crippen molar-refractivity contribution in [2.24, 2.45) is 0 Å². The fraction of sp³-hybridized carbons (Fsp3) is 1.00. The van der Waals surface area contributed by atoms with Gasteiger partial charge in [0.05, 0.1) is 48.8 Å². The molecule has 0 saturated carbocycles. The predicted octanol–water partition coefficient (Wildman–Crippen LogP) is -3.40. The van der Waals surface area contributed by atoms with E-state index in [1.54, 1.807) is 0 Å². The van der Waals surface area contributed by atoms with Gasteiger partial charge >= 0.3 is 0 Å². The Morgan fingerprint density at radius 2 is 0.950 bits per heavy atom. The van der Waals surface area contributed by atoms with E-state index in [-0.39, 0.29) is 34.0 Å². The van der Waals surface area contributed by atoms with Crippen LogP contribution in [-0.4, -0.2) is 53.3 Å². The molecule has 0 bridgehead atoms. The molecular weight excluding hydrogens is 380 g/mol. The Morgan fingerprint density at radius 3 is 1.25 bits per heavy atom. The van der Waals surface area contributed by atoms with Gasteiger partial charge in [-0.1, -0.05) is 45.4 Å². The molecule has 4 heteroatoms. The lowest BCUT2D eigenvalue weighted by molar-refractivity contribution is -0.870. The average molecular weight is 420 g/mol. The van der Waals surface area contributed by atoms with Crippen LogP contribution in [0.25, 0.3) is 0 Å². The molecule has 0 aliphatic carbocycles. The normalized spacial score (nSPS) is 10.2. The zero-order valence-corrected chi connectivity index (χ0v) is 18.2. The van der Waals surface area contributed by atoms with Crippen LogP contribution in [0.5, 0.6) is 0 Å². The van der Waals surface area contributed by atoms with Crippen molar-refractivity contribution in [2.75, 3.05) is 48.8 Å². The van der Waals surface area contributed by atoms with Crippen LogP contribution < -0.4 is 38.9 Å². The summed E-state index contributed by atoms with van der Waals surface area (Å²) in [4.78, 5) is 1.42. The van der Waals surface area contributed by atoms with Gasteiger partial charge in [-0.05, 0) is 12.8 Å². The number of nitrogens with zero attached hydrogens (tertiary/aromatic N) is 1. The van der Waals surface area contributed by atoms with E-state index in [1.165, 1.54) is 62.8 Å². The molecule has 0 aromatic heterocycles. The van der Waals surface area contributed by atoms with E-state index < -0.39 is 0 Å². The molecule has 128 valence electrons. The first-order chi connectivity index (χ1) is 8.29. The van der Waals surface area contributed by atoms with Gasteiger partial charge in [0.15, 0.2) is 0 Å². The number of hydrogen-bond donors (Lipinski definition) is 1. The summed E-state index contributed by atoms with van der Waals surface area (Å²) in [6, 6.07) is 0. The quantitative estimate of drug-likeness (QED) is 0.293. The van der Waals surface area contributed by atoms with Crippen LogP contribution in [-0.2, 0) is 0 Å². The average Bonchev–Trinajstić information content (AvgIpc) is 2.19. The third-order valence-corrected chi connectivity index (χ3v) is 2.68. The van der Waals surface area contributed by atoms with Crippen LogP contribution >= 0.6 is 0 Å². The summed E-state index contributed by atoms with van der Waals surface area (Å²) in [5, 5.41) is 0. The van der Waals surface area contributed by atoms with E-state index in [9.17, 15) is 0 Å². The Labute approximate surface area is 150 Å². The highest BCUT2D eigenvalue weighted by Gasteiger charge is 2.04. The monoisotopic (exact) mass is 418 g/mol. The van der Waals surface area contributed by atoms with Crippen molar-refractivity contribution in [1.82, 2.24) is 0 Å². The molecule has 0 heterocycles. The van der Waals surface area contributed by atoms with Gasteiger partial charge in [0.25, 0.3) is 0 Å². The van der Waals surface area contributed by atoms with Crippen molar-refractivity contribution < 1.29 is 43.3 Å². The standard InChI is InChI=1S/C13H30N.C3H9N.2BrH/c1-5-6-7-8-9-10-11-12-13-14(2,3)4;1-4(2)3;;/h5-13H2,1-4H3;1-3H3;2*1H/q+1;;;/p-1. The second kappa shape index (κ2) is 19.9. The van der Waals surface area contributed by atoms with Gasteiger partial charge in [-0.25, -0.2) is 0 Å². The van der Waals surface area contributed by atoms with Gasteiger partial charge in [-0.2, -0.15) is 0 Å². The molecule has 0 saturated heterocycles. The fourth-order valence-electron chi connectivity index (χ4n) is 1.72. The molecular formula is C16H40Br2N2. The molecule has 20 heavy (non-hydrogen) atoms. The summed E-state index contributed by atoms with van der Waals surface area (Å²) in [5.74, 6) is 0. The highest BCUT2D eigenvalue weighted by atomic mass is 79.9. The van der Waals surface area contributed by atoms with E-state index in [2.05, 4.69) is 49.2 Å². The van der Waals surface area contributed by atoms with Crippen molar-refractivity contribution in [3.05, 3.63) is 0 Å². The van der Waals surface area contributed by atoms with Crippen molar-refractivity contribution >= 4 is 0 Å². The second-order valence-electron chi connectivity index (χ2n) is 6.99. The number of nitrogens with one attached hydrogen (secondary N) is 1. The number of rotatable bonds is 9. The maximum Gasteiger partial charge on any atom is 0.0780 e. The van der Waals surface area contributed by atoms with Crippen molar-refractivity contribution in [3.8, 4) is 0 Å². The van der Waals surface area contributed by atoms with Gasteiger partial charge in [0.2, 0.25) is 0 Å². The lowest BCUT2D eigenvalue weighted by Crippen LogP contribution is -3.02. The number of quaternary nitrogens is 2. The minimum Gasteiger partial charge on any atom is -1.00 e. The maximum atomic E-state index is 2.28. The first-order valence-electron chi connectivity index (χ1n) is 7.86. The van der Waals surface area contributed by atoms with Crippen LogP contribution in [0.15, 0.2) is 0 Å². The third-order valence-electron chi connectivity index (χ3n) is 2.68. The smallest absolute Gasteiger partial charge is 0.0780 e. The summed E-state index contributed by atoms with van der Waals surface area (Å²) in [6.45, 7) is 3.61. The van der Waals surface area contributed by atoms with Crippen molar-refractivity contribution in [3.63, 3.8) is 0 Å². The lowest BCUT2D eigenvalue weighted by Gasteiger charge is -2.23. The molecule has 0 radical (unpaired) electrons. The number of unbranched alkanes of at least 4 members (excludes halogenated alkanes) is 7. The minimum atomic E-state index is 0. The third kappa shape index (κ3) is 42.8. The summed E-state index contributed by atoms with van der Waals surface area (Å²) < 4.78 is 1.12. The highest BCUT2D eigenvalue weighted by Crippen LogP contribution is 2.09. The molecule has 0 aliphatic rings. The first-order valence-corrected chi connectivity index (χ1v) is 7.86. The zero-order chi connectivity index (χ0) is 14.4. The topological polar surface area (TPSA) is 4.44 Å². The van der Waals surface area contributed by atoms with Crippen molar-refractivity contribution in [2.45, 2.75) is 58.3 Å². The minimum absolute atomic E-state index is 0. The lowest BCUT2D eigenvalue weighted by atomic mass is 10.1. The Kier molecular flexibility index (Phi) is 28.8. The molecule has 0 aromatic rings. The Balaban J connectivity index is -0.000000188. The maximum absolute atomic E-state index is 2.28. The summed E-state index contributed by atoms with van der Waals surface area (Å²) >= 11 is 0. The Bertz CT molecular complexity index is 154. The molecule has 2 nitrogen and oxygen atoms in total. The summed E-state index contributed by atoms with van der Waals surface area (Å²) in [5.41, 5.74) is 0. The van der Waals surface area contributed by atoms with E-state index in [0.29, 0.717) is 0 Å². The van der Waals surface area contributed by atoms with Gasteiger partial charge < -0.3 is 43.3 Å². The SMILES string of the molecule is CCCCCCCCCC[N+](C)(C)C.C[NH+](C)C.[Br-].[Br-]. The predicted molar refractivity (Wildman–Crippen MR) is 84.2 cm³/mol. The molecule has 0 atom stereocenters. The van der Waals surface area contributed by atoms with E-state index in [1.807, 2.05) is 0 Å². The fourth-order valence-corrected chi connectivity index (χ4v) is 1.72. The van der Waals surface area contributed by atoms with Crippen LogP contribution in [0.2, 0.25) is 0 Å². The molecule has 0 unspecified atom stereocenters. The Morgan fingerprint density at radius 1 is 0.650 bits per heavy atom. The van der Waals surface area contributed by atoms with Crippen LogP contribution in [0.3, 0.4) is 0 Å². The highest BCUT2D eigenvalue weighted by molar-refractivity contribution is 4.45. The van der Waals surface area contributed by atoms with Crippen molar-refractivity contribution in [1.29, 1.82) is 0 Å². The summed E-state index contributed by atoms with van der Waals surface area (Å²) in [7, 11) is 13.1. The van der Waals surface area contributed by atoms with E-state index >= 15 is 0 Å². The van der Waals surface area contributed by atoms with E-state index in [0.717, 1.165) is 4.48 Å². The molecule has 0 fully saturated rings. The van der Waals surface area contributed by atoms with Gasteiger partial charge in [-0.15, -0.1) is 0 Å². The molecule has 0 spiro atoms. The van der Waals surface area contributed by atoms with Crippen LogP contribution in [0.4, 0.5) is 0 Å². The van der Waals surface area contributed by atoms with Gasteiger partial charge in [-0.3, -0.25) is 0 Å². The van der Waals surface area contributed by atoms with Gasteiger partial charge in [0.1, 0.15) is 0 Å². The largest absolute Gasteiger partial charge is 1.00 e. The molecule has 1 N–H and O–H groups in total. The molecule has 0 aromatic carbocycles.